The van der Waals surface area contributed by atoms with Gasteiger partial charge in [-0.05, 0) is 26.3 Å². The van der Waals surface area contributed by atoms with E-state index in [1.165, 1.54) is 29.7 Å². The second kappa shape index (κ2) is 8.63. The molecule has 0 aliphatic carbocycles. The number of imidazole rings is 1. The standard InChI is InChI=1S/C22H27N3/c1-18-24-21(19-12-6-4-7-13-19)22(20-14-8-5-9-15-20)25(18)17-11-3-2-10-16-23/h4-9,12-15H,2-3,10-11,16-17,23H2,1H3. The van der Waals surface area contributed by atoms with Crippen molar-refractivity contribution >= 4 is 0 Å². The van der Waals surface area contributed by atoms with Gasteiger partial charge in [0, 0.05) is 17.7 Å². The zero-order chi connectivity index (χ0) is 17.5. The third-order valence-electron chi connectivity index (χ3n) is 4.59. The van der Waals surface area contributed by atoms with Gasteiger partial charge in [-0.2, -0.15) is 0 Å². The smallest absolute Gasteiger partial charge is 0.106 e. The SMILES string of the molecule is Cc1nc(-c2ccccc2)c(-c2ccccc2)n1CCCCCCN. The van der Waals surface area contributed by atoms with Crippen LogP contribution in [0.25, 0.3) is 22.5 Å². The maximum absolute atomic E-state index is 5.60. The van der Waals surface area contributed by atoms with E-state index < -0.39 is 0 Å². The number of hydrogen-bond donors (Lipinski definition) is 1. The Morgan fingerprint density at radius 2 is 1.40 bits per heavy atom. The predicted octanol–water partition coefficient (Wildman–Crippen LogP) is 5.04. The van der Waals surface area contributed by atoms with Gasteiger partial charge in [0.2, 0.25) is 0 Å². The van der Waals surface area contributed by atoms with Gasteiger partial charge < -0.3 is 10.3 Å². The van der Waals surface area contributed by atoms with Crippen LogP contribution in [-0.2, 0) is 6.54 Å². The molecule has 2 aromatic carbocycles. The summed E-state index contributed by atoms with van der Waals surface area (Å²) < 4.78 is 2.38. The normalized spacial score (nSPS) is 11.0. The Balaban J connectivity index is 1.95. The van der Waals surface area contributed by atoms with Crippen molar-refractivity contribution in [1.82, 2.24) is 9.55 Å². The predicted molar refractivity (Wildman–Crippen MR) is 105 cm³/mol. The molecule has 0 aliphatic rings. The molecule has 0 amide bonds. The maximum atomic E-state index is 5.60. The van der Waals surface area contributed by atoms with Crippen molar-refractivity contribution in [2.24, 2.45) is 5.73 Å². The number of rotatable bonds is 8. The number of nitrogens with zero attached hydrogens (tertiary/aromatic N) is 2. The van der Waals surface area contributed by atoms with Gasteiger partial charge >= 0.3 is 0 Å². The van der Waals surface area contributed by atoms with E-state index >= 15 is 0 Å². The molecule has 0 aliphatic heterocycles. The molecule has 0 atom stereocenters. The Morgan fingerprint density at radius 3 is 2.04 bits per heavy atom. The summed E-state index contributed by atoms with van der Waals surface area (Å²) in [6.45, 7) is 3.90. The van der Waals surface area contributed by atoms with Crippen molar-refractivity contribution in [2.75, 3.05) is 6.54 Å². The maximum Gasteiger partial charge on any atom is 0.106 e. The molecule has 130 valence electrons. The Kier molecular flexibility index (Phi) is 6.02. The van der Waals surface area contributed by atoms with Crippen molar-refractivity contribution in [3.63, 3.8) is 0 Å². The Morgan fingerprint density at radius 1 is 0.800 bits per heavy atom. The molecule has 3 nitrogen and oxygen atoms in total. The summed E-state index contributed by atoms with van der Waals surface area (Å²) in [5.74, 6) is 1.08. The van der Waals surface area contributed by atoms with Crippen LogP contribution in [0.4, 0.5) is 0 Å². The first kappa shape index (κ1) is 17.4. The topological polar surface area (TPSA) is 43.8 Å². The Bertz CT molecular complexity index is 776. The van der Waals surface area contributed by atoms with Gasteiger partial charge in [0.25, 0.3) is 0 Å². The summed E-state index contributed by atoms with van der Waals surface area (Å²) in [4.78, 5) is 4.92. The summed E-state index contributed by atoms with van der Waals surface area (Å²) in [6.07, 6.45) is 4.69. The van der Waals surface area contributed by atoms with E-state index in [1.807, 2.05) is 6.07 Å². The summed E-state index contributed by atoms with van der Waals surface area (Å²) in [5, 5.41) is 0. The molecule has 0 spiro atoms. The van der Waals surface area contributed by atoms with Crippen molar-refractivity contribution in [1.29, 1.82) is 0 Å². The third-order valence-corrected chi connectivity index (χ3v) is 4.59. The van der Waals surface area contributed by atoms with Gasteiger partial charge in [-0.25, -0.2) is 4.98 Å². The van der Waals surface area contributed by atoms with Crippen molar-refractivity contribution < 1.29 is 0 Å². The fourth-order valence-electron chi connectivity index (χ4n) is 3.29. The van der Waals surface area contributed by atoms with Crippen LogP contribution in [0.2, 0.25) is 0 Å². The van der Waals surface area contributed by atoms with E-state index in [-0.39, 0.29) is 0 Å². The van der Waals surface area contributed by atoms with Gasteiger partial charge in [0.1, 0.15) is 5.82 Å². The van der Waals surface area contributed by atoms with Crippen LogP contribution in [0.1, 0.15) is 31.5 Å². The molecule has 3 rings (SSSR count). The minimum Gasteiger partial charge on any atom is -0.330 e. The lowest BCUT2D eigenvalue weighted by molar-refractivity contribution is 0.569. The average molecular weight is 333 g/mol. The number of nitrogens with two attached hydrogens (primary N) is 1. The monoisotopic (exact) mass is 333 g/mol. The van der Waals surface area contributed by atoms with Crippen LogP contribution in [-0.4, -0.2) is 16.1 Å². The first-order valence-electron chi connectivity index (χ1n) is 9.19. The van der Waals surface area contributed by atoms with E-state index in [0.717, 1.165) is 37.4 Å². The summed E-state index contributed by atoms with van der Waals surface area (Å²) in [7, 11) is 0. The fraction of sp³-hybridized carbons (Fsp3) is 0.318. The summed E-state index contributed by atoms with van der Waals surface area (Å²) >= 11 is 0. The quantitative estimate of drug-likeness (QED) is 0.587. The summed E-state index contributed by atoms with van der Waals surface area (Å²) in [6, 6.07) is 21.1. The van der Waals surface area contributed by atoms with Crippen LogP contribution in [0, 0.1) is 6.92 Å². The molecule has 0 saturated heterocycles. The molecule has 1 heterocycles. The number of benzene rings is 2. The first-order chi connectivity index (χ1) is 12.3. The second-order valence-corrected chi connectivity index (χ2v) is 6.44. The number of unbranched alkanes of at least 4 members (excludes halogenated alkanes) is 3. The van der Waals surface area contributed by atoms with Gasteiger partial charge in [-0.3, -0.25) is 0 Å². The largest absolute Gasteiger partial charge is 0.330 e. The van der Waals surface area contributed by atoms with Crippen LogP contribution in [0.5, 0.6) is 0 Å². The van der Waals surface area contributed by atoms with Crippen molar-refractivity contribution in [3.8, 4) is 22.5 Å². The lowest BCUT2D eigenvalue weighted by Crippen LogP contribution is -2.04. The zero-order valence-corrected chi connectivity index (χ0v) is 15.0. The molecular formula is C22H27N3. The van der Waals surface area contributed by atoms with Crippen molar-refractivity contribution in [3.05, 3.63) is 66.5 Å². The molecule has 3 heteroatoms. The third kappa shape index (κ3) is 4.18. The second-order valence-electron chi connectivity index (χ2n) is 6.44. The Labute approximate surface area is 150 Å². The molecule has 0 fully saturated rings. The zero-order valence-electron chi connectivity index (χ0n) is 15.0. The molecule has 0 bridgehead atoms. The van der Waals surface area contributed by atoms with E-state index in [1.54, 1.807) is 0 Å². The van der Waals surface area contributed by atoms with Crippen LogP contribution in [0.3, 0.4) is 0 Å². The minimum absolute atomic E-state index is 0.789. The van der Waals surface area contributed by atoms with E-state index in [0.29, 0.717) is 0 Å². The van der Waals surface area contributed by atoms with Gasteiger partial charge in [0.05, 0.1) is 11.4 Å². The molecular weight excluding hydrogens is 306 g/mol. The lowest BCUT2D eigenvalue weighted by Gasteiger charge is -2.12. The van der Waals surface area contributed by atoms with Gasteiger partial charge in [-0.15, -0.1) is 0 Å². The number of hydrogen-bond acceptors (Lipinski definition) is 2. The van der Waals surface area contributed by atoms with Crippen LogP contribution in [0.15, 0.2) is 60.7 Å². The van der Waals surface area contributed by atoms with E-state index in [2.05, 4.69) is 66.1 Å². The fourth-order valence-corrected chi connectivity index (χ4v) is 3.29. The lowest BCUT2D eigenvalue weighted by atomic mass is 10.0. The minimum atomic E-state index is 0.789. The van der Waals surface area contributed by atoms with Crippen LogP contribution >= 0.6 is 0 Å². The highest BCUT2D eigenvalue weighted by atomic mass is 15.1. The van der Waals surface area contributed by atoms with Crippen molar-refractivity contribution in [2.45, 2.75) is 39.2 Å². The molecule has 0 unspecified atom stereocenters. The highest BCUT2D eigenvalue weighted by molar-refractivity contribution is 5.79. The highest BCUT2D eigenvalue weighted by Gasteiger charge is 2.17. The number of aryl methyl sites for hydroxylation is 1. The molecule has 0 saturated carbocycles. The molecule has 0 radical (unpaired) electrons. The Hall–Kier alpha value is -2.39. The van der Waals surface area contributed by atoms with Crippen LogP contribution < -0.4 is 5.73 Å². The van der Waals surface area contributed by atoms with Gasteiger partial charge in [-0.1, -0.05) is 73.5 Å². The molecule has 1 aromatic heterocycles. The average Bonchev–Trinajstić information content (AvgIpc) is 2.99. The van der Waals surface area contributed by atoms with Gasteiger partial charge in [0.15, 0.2) is 0 Å². The first-order valence-corrected chi connectivity index (χ1v) is 9.19. The number of aromatic nitrogens is 2. The van der Waals surface area contributed by atoms with E-state index in [4.69, 9.17) is 10.7 Å². The highest BCUT2D eigenvalue weighted by Crippen LogP contribution is 2.33. The molecule has 25 heavy (non-hydrogen) atoms. The van der Waals surface area contributed by atoms with E-state index in [9.17, 15) is 0 Å². The molecule has 3 aromatic rings. The summed E-state index contributed by atoms with van der Waals surface area (Å²) in [5.41, 5.74) is 10.3. The molecule has 2 N–H and O–H groups in total.